The second kappa shape index (κ2) is 16.9. The smallest absolute Gasteiger partial charge is 0.0727 e. The summed E-state index contributed by atoms with van der Waals surface area (Å²) in [5, 5.41) is 5.02. The van der Waals surface area contributed by atoms with Crippen molar-refractivity contribution >= 4 is 77.7 Å². The Labute approximate surface area is 446 Å². The predicted octanol–water partition coefficient (Wildman–Crippen LogP) is 19.2. The van der Waals surface area contributed by atoms with Gasteiger partial charge in [-0.3, -0.25) is 0 Å². The molecule has 0 fully saturated rings. The van der Waals surface area contributed by atoms with Crippen LogP contribution in [-0.2, 0) is 5.41 Å². The molecule has 0 radical (unpaired) electrons. The second-order valence-electron chi connectivity index (χ2n) is 20.4. The van der Waals surface area contributed by atoms with Gasteiger partial charge in [-0.15, -0.1) is 0 Å². The van der Waals surface area contributed by atoms with E-state index in [-0.39, 0.29) is 0 Å². The third-order valence-corrected chi connectivity index (χ3v) is 16.5. The van der Waals surface area contributed by atoms with E-state index in [1.54, 1.807) is 0 Å². The average molecular weight is 981 g/mol. The molecule has 77 heavy (non-hydrogen) atoms. The molecule has 1 spiro atoms. The highest BCUT2D eigenvalue weighted by atomic mass is 15.2. The molecule has 12 aromatic carbocycles. The van der Waals surface area contributed by atoms with Gasteiger partial charge in [0.2, 0.25) is 0 Å². The third kappa shape index (κ3) is 6.33. The van der Waals surface area contributed by atoms with Gasteiger partial charge in [-0.25, -0.2) is 0 Å². The van der Waals surface area contributed by atoms with Crippen LogP contribution in [0.1, 0.15) is 22.3 Å². The Morgan fingerprint density at radius 2 is 0.506 bits per heavy atom. The molecule has 0 atom stereocenters. The summed E-state index contributed by atoms with van der Waals surface area (Å²) in [4.78, 5) is 4.84. The minimum absolute atomic E-state index is 0.602. The summed E-state index contributed by atoms with van der Waals surface area (Å²) >= 11 is 0. The molecular formula is C73H48N4. The standard InChI is InChI=1S/C73H48N4/c1-3-19-49(20-4-1)74(51-35-39-53(40-36-51)76-69-31-15-9-25-61(69)62-26-10-16-32-70(62)76)55-43-45-59-60-46-44-56(48-68(60)73(67(59)47-55)65-29-13-7-23-57(65)58-24-8-14-30-66(58)73)75(50-21-5-2-6-22-50)52-37-41-54(42-38-52)77-71-33-17-11-27-63(71)64-28-12-18-34-72(64)77/h1-48H. The van der Waals surface area contributed by atoms with Crippen molar-refractivity contribution in [2.45, 2.75) is 5.41 Å². The van der Waals surface area contributed by atoms with Gasteiger partial charge in [0.05, 0.1) is 27.5 Å². The number of nitrogens with zero attached hydrogens (tertiary/aromatic N) is 4. The van der Waals surface area contributed by atoms with Crippen LogP contribution in [-0.4, -0.2) is 9.13 Å². The maximum Gasteiger partial charge on any atom is 0.0727 e. The van der Waals surface area contributed by atoms with Gasteiger partial charge in [0, 0.05) is 67.0 Å². The molecule has 0 N–H and O–H groups in total. The number of anilines is 6. The zero-order chi connectivity index (χ0) is 50.6. The van der Waals surface area contributed by atoms with Crippen molar-refractivity contribution in [3.8, 4) is 33.6 Å². The lowest BCUT2D eigenvalue weighted by Gasteiger charge is -2.33. The topological polar surface area (TPSA) is 16.3 Å². The molecule has 14 aromatic rings. The molecule has 2 heterocycles. The van der Waals surface area contributed by atoms with Crippen molar-refractivity contribution in [1.29, 1.82) is 0 Å². The first-order chi connectivity index (χ1) is 38.2. The molecule has 16 rings (SSSR count). The number of rotatable bonds is 8. The molecule has 2 aliphatic carbocycles. The number of fused-ring (bicyclic) bond motifs is 16. The summed E-state index contributed by atoms with van der Waals surface area (Å²) < 4.78 is 4.78. The lowest BCUT2D eigenvalue weighted by molar-refractivity contribution is 0.793. The number of para-hydroxylation sites is 6. The minimum atomic E-state index is -0.602. The van der Waals surface area contributed by atoms with E-state index in [9.17, 15) is 0 Å². The van der Waals surface area contributed by atoms with E-state index in [2.05, 4.69) is 310 Å². The first-order valence-electron chi connectivity index (χ1n) is 26.6. The minimum Gasteiger partial charge on any atom is -0.310 e. The molecule has 0 bridgehead atoms. The van der Waals surface area contributed by atoms with Gasteiger partial charge in [0.1, 0.15) is 0 Å². The fraction of sp³-hybridized carbons (Fsp3) is 0.0137. The van der Waals surface area contributed by atoms with Crippen LogP contribution < -0.4 is 9.80 Å². The van der Waals surface area contributed by atoms with Gasteiger partial charge in [-0.05, 0) is 166 Å². The van der Waals surface area contributed by atoms with Crippen LogP contribution in [0.3, 0.4) is 0 Å². The van der Waals surface area contributed by atoms with Gasteiger partial charge < -0.3 is 18.9 Å². The van der Waals surface area contributed by atoms with Gasteiger partial charge in [0.15, 0.2) is 0 Å². The van der Waals surface area contributed by atoms with Gasteiger partial charge in [0.25, 0.3) is 0 Å². The maximum absolute atomic E-state index is 2.49. The number of aromatic nitrogens is 2. The fourth-order valence-electron chi connectivity index (χ4n) is 13.3. The highest BCUT2D eigenvalue weighted by Crippen LogP contribution is 2.64. The Bertz CT molecular complexity index is 4220. The van der Waals surface area contributed by atoms with Gasteiger partial charge in [-0.2, -0.15) is 0 Å². The lowest BCUT2D eigenvalue weighted by atomic mass is 9.70. The van der Waals surface area contributed by atoms with Crippen LogP contribution in [0.25, 0.3) is 77.2 Å². The SMILES string of the molecule is c1ccc(N(c2ccc(-n3c4ccccc4c4ccccc43)cc2)c2ccc3c(c2)C2(c4ccccc4-c4ccccc42)c2cc(N(c4ccccc4)c4ccc(-n5c6ccccc6c6ccccc65)cc4)ccc2-3)cc1. The van der Waals surface area contributed by atoms with Crippen molar-refractivity contribution in [1.82, 2.24) is 9.13 Å². The summed E-state index contributed by atoms with van der Waals surface area (Å²) in [7, 11) is 0. The molecule has 2 aliphatic rings. The number of hydrogen-bond acceptors (Lipinski definition) is 2. The molecule has 4 heteroatoms. The van der Waals surface area contributed by atoms with Crippen molar-refractivity contribution in [3.63, 3.8) is 0 Å². The predicted molar refractivity (Wildman–Crippen MR) is 321 cm³/mol. The van der Waals surface area contributed by atoms with Crippen molar-refractivity contribution in [3.05, 3.63) is 313 Å². The summed E-state index contributed by atoms with van der Waals surface area (Å²) in [6.07, 6.45) is 0. The molecule has 360 valence electrons. The Balaban J connectivity index is 0.865. The Hall–Kier alpha value is -10.2. The van der Waals surface area contributed by atoms with Gasteiger partial charge in [-0.1, -0.05) is 170 Å². The molecule has 2 aromatic heterocycles. The largest absolute Gasteiger partial charge is 0.310 e. The van der Waals surface area contributed by atoms with E-state index in [1.165, 1.54) is 88.1 Å². The fourth-order valence-corrected chi connectivity index (χ4v) is 13.3. The second-order valence-corrected chi connectivity index (χ2v) is 20.4. The van der Waals surface area contributed by atoms with Crippen LogP contribution in [0.15, 0.2) is 291 Å². The molecule has 0 amide bonds. The normalized spacial score (nSPS) is 12.8. The quantitative estimate of drug-likeness (QED) is 0.151. The Kier molecular flexibility index (Phi) is 9.52. The van der Waals surface area contributed by atoms with E-state index in [1.807, 2.05) is 0 Å². The monoisotopic (exact) mass is 980 g/mol. The zero-order valence-electron chi connectivity index (χ0n) is 42.0. The molecular weight excluding hydrogens is 933 g/mol. The van der Waals surface area contributed by atoms with Crippen LogP contribution in [0.5, 0.6) is 0 Å². The van der Waals surface area contributed by atoms with E-state index in [4.69, 9.17) is 0 Å². The molecule has 0 saturated carbocycles. The van der Waals surface area contributed by atoms with E-state index >= 15 is 0 Å². The van der Waals surface area contributed by atoms with Crippen molar-refractivity contribution in [2.24, 2.45) is 0 Å². The summed E-state index contributed by atoms with van der Waals surface area (Å²) in [5.74, 6) is 0. The van der Waals surface area contributed by atoms with Crippen LogP contribution in [0.2, 0.25) is 0 Å². The van der Waals surface area contributed by atoms with Crippen LogP contribution >= 0.6 is 0 Å². The number of benzene rings is 12. The number of hydrogen-bond donors (Lipinski definition) is 0. The third-order valence-electron chi connectivity index (χ3n) is 16.5. The molecule has 4 nitrogen and oxygen atoms in total. The summed E-state index contributed by atoms with van der Waals surface area (Å²) in [6, 6.07) is 107. The lowest BCUT2D eigenvalue weighted by Crippen LogP contribution is -2.26. The summed E-state index contributed by atoms with van der Waals surface area (Å²) in [5.41, 5.74) is 23.2. The first kappa shape index (κ1) is 43.3. The van der Waals surface area contributed by atoms with Crippen LogP contribution in [0, 0.1) is 0 Å². The van der Waals surface area contributed by atoms with E-state index in [0.29, 0.717) is 0 Å². The van der Waals surface area contributed by atoms with E-state index in [0.717, 1.165) is 45.5 Å². The van der Waals surface area contributed by atoms with Gasteiger partial charge >= 0.3 is 0 Å². The Morgan fingerprint density at radius 1 is 0.221 bits per heavy atom. The van der Waals surface area contributed by atoms with E-state index < -0.39 is 5.41 Å². The van der Waals surface area contributed by atoms with Crippen LogP contribution in [0.4, 0.5) is 34.1 Å². The summed E-state index contributed by atoms with van der Waals surface area (Å²) in [6.45, 7) is 0. The maximum atomic E-state index is 2.49. The molecule has 0 aliphatic heterocycles. The zero-order valence-corrected chi connectivity index (χ0v) is 42.0. The molecule has 0 unspecified atom stereocenters. The molecule has 0 saturated heterocycles. The van der Waals surface area contributed by atoms with Crippen molar-refractivity contribution < 1.29 is 0 Å². The van der Waals surface area contributed by atoms with Crippen molar-refractivity contribution in [2.75, 3.05) is 9.80 Å². The Morgan fingerprint density at radius 3 is 0.883 bits per heavy atom. The average Bonchev–Trinajstić information content (AvgIpc) is 4.22. The highest BCUT2D eigenvalue weighted by Gasteiger charge is 2.52. The first-order valence-corrected chi connectivity index (χ1v) is 26.6. The highest BCUT2D eigenvalue weighted by molar-refractivity contribution is 6.10.